The van der Waals surface area contributed by atoms with Gasteiger partial charge >= 0.3 is 0 Å². The van der Waals surface area contributed by atoms with Gasteiger partial charge in [0.2, 0.25) is 0 Å². The summed E-state index contributed by atoms with van der Waals surface area (Å²) in [6.45, 7) is 5.55. The van der Waals surface area contributed by atoms with E-state index >= 15 is 0 Å². The standard InChI is InChI=1S/C10H13NO/c1-3-4-8-5-7(2)6-9(11)10(8)12/h3,5-6,12H,1,4,11H2,2H3. The zero-order chi connectivity index (χ0) is 9.14. The lowest BCUT2D eigenvalue weighted by Gasteiger charge is -2.06. The van der Waals surface area contributed by atoms with Crippen molar-refractivity contribution >= 4 is 5.69 Å². The molecule has 1 rings (SSSR count). The third-order valence-electron chi connectivity index (χ3n) is 1.73. The summed E-state index contributed by atoms with van der Waals surface area (Å²) in [6.07, 6.45) is 2.39. The van der Waals surface area contributed by atoms with Crippen LogP contribution in [0, 0.1) is 6.92 Å². The van der Waals surface area contributed by atoms with Crippen LogP contribution in [0.5, 0.6) is 5.75 Å². The van der Waals surface area contributed by atoms with Gasteiger partial charge in [0.15, 0.2) is 0 Å². The molecule has 0 heterocycles. The predicted molar refractivity (Wildman–Crippen MR) is 51.2 cm³/mol. The number of hydrogen-bond acceptors (Lipinski definition) is 2. The second kappa shape index (κ2) is 3.30. The summed E-state index contributed by atoms with van der Waals surface area (Å²) >= 11 is 0. The largest absolute Gasteiger partial charge is 0.505 e. The Hall–Kier alpha value is -1.44. The van der Waals surface area contributed by atoms with Gasteiger partial charge < -0.3 is 10.8 Å². The summed E-state index contributed by atoms with van der Waals surface area (Å²) in [7, 11) is 0. The van der Waals surface area contributed by atoms with Gasteiger partial charge in [-0.05, 0) is 25.0 Å². The van der Waals surface area contributed by atoms with E-state index in [9.17, 15) is 5.11 Å². The molecule has 2 nitrogen and oxygen atoms in total. The molecule has 0 aliphatic carbocycles. The Balaban J connectivity index is 3.17. The summed E-state index contributed by atoms with van der Waals surface area (Å²) in [5.41, 5.74) is 7.90. The number of anilines is 1. The normalized spacial score (nSPS) is 9.75. The van der Waals surface area contributed by atoms with Gasteiger partial charge in [0.05, 0.1) is 5.69 Å². The van der Waals surface area contributed by atoms with Gasteiger partial charge in [0, 0.05) is 5.56 Å². The van der Waals surface area contributed by atoms with E-state index < -0.39 is 0 Å². The fourth-order valence-electron chi connectivity index (χ4n) is 1.19. The molecule has 0 fully saturated rings. The first kappa shape index (κ1) is 8.65. The molecule has 3 N–H and O–H groups in total. The van der Waals surface area contributed by atoms with Crippen LogP contribution >= 0.6 is 0 Å². The Morgan fingerprint density at radius 3 is 2.83 bits per heavy atom. The molecule has 1 aromatic carbocycles. The van der Waals surface area contributed by atoms with Crippen molar-refractivity contribution in [2.45, 2.75) is 13.3 Å². The third-order valence-corrected chi connectivity index (χ3v) is 1.73. The Bertz CT molecular complexity index is 305. The van der Waals surface area contributed by atoms with Crippen LogP contribution < -0.4 is 5.73 Å². The van der Waals surface area contributed by atoms with E-state index in [0.29, 0.717) is 12.1 Å². The van der Waals surface area contributed by atoms with Crippen molar-refractivity contribution in [3.8, 4) is 5.75 Å². The number of hydrogen-bond donors (Lipinski definition) is 2. The lowest BCUT2D eigenvalue weighted by molar-refractivity contribution is 0.472. The molecule has 0 radical (unpaired) electrons. The van der Waals surface area contributed by atoms with Gasteiger partial charge in [-0.2, -0.15) is 0 Å². The molecule has 0 atom stereocenters. The number of aryl methyl sites for hydroxylation is 1. The lowest BCUT2D eigenvalue weighted by atomic mass is 10.1. The highest BCUT2D eigenvalue weighted by atomic mass is 16.3. The number of aromatic hydroxyl groups is 1. The molecular weight excluding hydrogens is 150 g/mol. The van der Waals surface area contributed by atoms with Gasteiger partial charge in [0.1, 0.15) is 5.75 Å². The van der Waals surface area contributed by atoms with Crippen LogP contribution in [0.1, 0.15) is 11.1 Å². The molecular formula is C10H13NO. The van der Waals surface area contributed by atoms with Crippen molar-refractivity contribution in [3.05, 3.63) is 35.9 Å². The highest BCUT2D eigenvalue weighted by molar-refractivity contribution is 5.58. The van der Waals surface area contributed by atoms with Crippen molar-refractivity contribution in [1.29, 1.82) is 0 Å². The van der Waals surface area contributed by atoms with Gasteiger partial charge in [0.25, 0.3) is 0 Å². The van der Waals surface area contributed by atoms with Gasteiger partial charge in [-0.15, -0.1) is 6.58 Å². The number of allylic oxidation sites excluding steroid dienone is 1. The molecule has 0 bridgehead atoms. The molecule has 12 heavy (non-hydrogen) atoms. The summed E-state index contributed by atoms with van der Waals surface area (Å²) < 4.78 is 0. The number of rotatable bonds is 2. The van der Waals surface area contributed by atoms with E-state index in [-0.39, 0.29) is 5.75 Å². The summed E-state index contributed by atoms with van der Waals surface area (Å²) in [4.78, 5) is 0. The van der Waals surface area contributed by atoms with Gasteiger partial charge in [-0.3, -0.25) is 0 Å². The quantitative estimate of drug-likeness (QED) is 0.398. The van der Waals surface area contributed by atoms with Crippen molar-refractivity contribution in [2.24, 2.45) is 0 Å². The molecule has 0 aromatic heterocycles. The van der Waals surface area contributed by atoms with Crippen molar-refractivity contribution in [1.82, 2.24) is 0 Å². The van der Waals surface area contributed by atoms with Crippen LogP contribution in [0.3, 0.4) is 0 Å². The Kier molecular flexibility index (Phi) is 2.38. The second-order valence-corrected chi connectivity index (χ2v) is 2.85. The molecule has 0 amide bonds. The zero-order valence-electron chi connectivity index (χ0n) is 7.17. The Labute approximate surface area is 72.3 Å². The fourth-order valence-corrected chi connectivity index (χ4v) is 1.19. The van der Waals surface area contributed by atoms with Crippen LogP contribution in [0.4, 0.5) is 5.69 Å². The molecule has 0 unspecified atom stereocenters. The Morgan fingerprint density at radius 1 is 1.58 bits per heavy atom. The topological polar surface area (TPSA) is 46.2 Å². The molecule has 0 saturated heterocycles. The smallest absolute Gasteiger partial charge is 0.141 e. The average molecular weight is 163 g/mol. The molecule has 0 spiro atoms. The van der Waals surface area contributed by atoms with E-state index in [0.717, 1.165) is 11.1 Å². The number of benzene rings is 1. The minimum atomic E-state index is 0.181. The maximum atomic E-state index is 9.48. The molecule has 0 aliphatic rings. The highest BCUT2D eigenvalue weighted by Gasteiger charge is 2.03. The van der Waals surface area contributed by atoms with Gasteiger partial charge in [-0.25, -0.2) is 0 Å². The van der Waals surface area contributed by atoms with Crippen LogP contribution in [0.25, 0.3) is 0 Å². The van der Waals surface area contributed by atoms with Gasteiger partial charge in [-0.1, -0.05) is 12.1 Å². The van der Waals surface area contributed by atoms with Crippen molar-refractivity contribution < 1.29 is 5.11 Å². The first-order valence-corrected chi connectivity index (χ1v) is 3.84. The van der Waals surface area contributed by atoms with Crippen molar-refractivity contribution in [2.75, 3.05) is 5.73 Å². The first-order chi connectivity index (χ1) is 5.65. The van der Waals surface area contributed by atoms with Crippen molar-refractivity contribution in [3.63, 3.8) is 0 Å². The molecule has 1 aromatic rings. The highest BCUT2D eigenvalue weighted by Crippen LogP contribution is 2.26. The van der Waals surface area contributed by atoms with E-state index in [1.165, 1.54) is 0 Å². The second-order valence-electron chi connectivity index (χ2n) is 2.85. The van der Waals surface area contributed by atoms with E-state index in [2.05, 4.69) is 6.58 Å². The number of nitrogen functional groups attached to an aromatic ring is 1. The van der Waals surface area contributed by atoms with E-state index in [1.807, 2.05) is 13.0 Å². The minimum Gasteiger partial charge on any atom is -0.505 e. The molecule has 0 saturated carbocycles. The van der Waals surface area contributed by atoms with Crippen LogP contribution in [0.2, 0.25) is 0 Å². The summed E-state index contributed by atoms with van der Waals surface area (Å²) in [6, 6.07) is 3.66. The predicted octanol–water partition coefficient (Wildman–Crippen LogP) is 2.01. The molecule has 64 valence electrons. The maximum Gasteiger partial charge on any atom is 0.141 e. The number of phenolic OH excluding ortho intramolecular Hbond substituents is 1. The van der Waals surface area contributed by atoms with Crippen LogP contribution in [-0.2, 0) is 6.42 Å². The Morgan fingerprint density at radius 2 is 2.25 bits per heavy atom. The van der Waals surface area contributed by atoms with E-state index in [4.69, 9.17) is 5.73 Å². The average Bonchev–Trinajstić information content (AvgIpc) is 2.00. The number of phenols is 1. The summed E-state index contributed by atoms with van der Waals surface area (Å²) in [5.74, 6) is 0.181. The first-order valence-electron chi connectivity index (χ1n) is 3.84. The minimum absolute atomic E-state index is 0.181. The van der Waals surface area contributed by atoms with Crippen LogP contribution in [0.15, 0.2) is 24.8 Å². The zero-order valence-corrected chi connectivity index (χ0v) is 7.17. The molecule has 0 aliphatic heterocycles. The fraction of sp³-hybridized carbons (Fsp3) is 0.200. The monoisotopic (exact) mass is 163 g/mol. The molecule has 2 heteroatoms. The lowest BCUT2D eigenvalue weighted by Crippen LogP contribution is -1.91. The maximum absolute atomic E-state index is 9.48. The SMILES string of the molecule is C=CCc1cc(C)cc(N)c1O. The van der Waals surface area contributed by atoms with E-state index in [1.54, 1.807) is 12.1 Å². The summed E-state index contributed by atoms with van der Waals surface area (Å²) in [5, 5.41) is 9.48. The third kappa shape index (κ3) is 1.59. The number of nitrogens with two attached hydrogens (primary N) is 1. The van der Waals surface area contributed by atoms with Crippen LogP contribution in [-0.4, -0.2) is 5.11 Å².